The smallest absolute Gasteiger partial charge is 0.320 e. The zero-order valence-corrected chi connectivity index (χ0v) is 9.68. The third-order valence-corrected chi connectivity index (χ3v) is 3.76. The molecule has 68 valence electrons. The third-order valence-electron chi connectivity index (χ3n) is 1.23. The van der Waals surface area contributed by atoms with E-state index in [1.807, 2.05) is 0 Å². The molecule has 0 aromatic rings. The molecule has 5 heteroatoms. The van der Waals surface area contributed by atoms with Crippen LogP contribution in [-0.2, 0) is 4.79 Å². The molecule has 0 aliphatic heterocycles. The molecule has 0 fully saturated rings. The highest BCUT2D eigenvalue weighted by molar-refractivity contribution is 14.2. The highest BCUT2D eigenvalue weighted by Crippen LogP contribution is 2.49. The first-order valence-electron chi connectivity index (χ1n) is 3.22. The summed E-state index contributed by atoms with van der Waals surface area (Å²) in [4.78, 5) is 10.3. The molecule has 0 aromatic heterocycles. The van der Waals surface area contributed by atoms with Crippen LogP contribution in [0.3, 0.4) is 0 Å². The van der Waals surface area contributed by atoms with Gasteiger partial charge in [0.2, 0.25) is 0 Å². The second-order valence-corrected chi connectivity index (χ2v) is 13.2. The number of carbonyl (C=O) groups is 1. The van der Waals surface area contributed by atoms with Crippen molar-refractivity contribution in [1.29, 1.82) is 0 Å². The van der Waals surface area contributed by atoms with E-state index in [1.165, 1.54) is 0 Å². The van der Waals surface area contributed by atoms with E-state index in [9.17, 15) is 4.79 Å². The Balaban J connectivity index is 3.63. The number of carboxylic acids is 1. The van der Waals surface area contributed by atoms with Crippen molar-refractivity contribution in [1.82, 2.24) is 0 Å². The van der Waals surface area contributed by atoms with Crippen molar-refractivity contribution in [3.63, 3.8) is 0 Å². The van der Waals surface area contributed by atoms with Crippen molar-refractivity contribution in [2.24, 2.45) is 5.73 Å². The van der Waals surface area contributed by atoms with Gasteiger partial charge in [-0.15, -0.1) is 0 Å². The third kappa shape index (κ3) is 6.89. The van der Waals surface area contributed by atoms with Crippen LogP contribution in [0.5, 0.6) is 0 Å². The van der Waals surface area contributed by atoms with Gasteiger partial charge in [-0.3, -0.25) is 4.79 Å². The fraction of sp³-hybridized carbons (Fsp3) is 0.833. The summed E-state index contributed by atoms with van der Waals surface area (Å²) in [6, 6.07) is -0.684. The summed E-state index contributed by atoms with van der Waals surface area (Å²) in [7, 11) is -0.626. The van der Waals surface area contributed by atoms with Crippen LogP contribution in [0.25, 0.3) is 0 Å². The minimum absolute atomic E-state index is 0.584. The molecule has 1 atom stereocenters. The van der Waals surface area contributed by atoms with Crippen molar-refractivity contribution in [3.05, 3.63) is 0 Å². The topological polar surface area (TPSA) is 63.3 Å². The SMILES string of the molecule is CS(C)(I)CCC(N)C(=O)O. The maximum absolute atomic E-state index is 10.3. The van der Waals surface area contributed by atoms with Crippen LogP contribution in [0.1, 0.15) is 6.42 Å². The van der Waals surface area contributed by atoms with Crippen LogP contribution in [-0.4, -0.2) is 35.4 Å². The van der Waals surface area contributed by atoms with E-state index in [1.54, 1.807) is 0 Å². The first-order chi connectivity index (χ1) is 4.83. The number of nitrogens with two attached hydrogens (primary N) is 1. The predicted octanol–water partition coefficient (Wildman–Crippen LogP) is 1.20. The Morgan fingerprint density at radius 3 is 2.45 bits per heavy atom. The van der Waals surface area contributed by atoms with Crippen LogP contribution in [0, 0.1) is 0 Å². The molecule has 3 N–H and O–H groups in total. The van der Waals surface area contributed by atoms with E-state index in [4.69, 9.17) is 10.8 Å². The van der Waals surface area contributed by atoms with Gasteiger partial charge < -0.3 is 10.8 Å². The lowest BCUT2D eigenvalue weighted by atomic mass is 10.2. The molecule has 0 spiro atoms. The largest absolute Gasteiger partial charge is 0.480 e. The predicted molar refractivity (Wildman–Crippen MR) is 58.6 cm³/mol. The van der Waals surface area contributed by atoms with E-state index in [2.05, 4.69) is 33.7 Å². The van der Waals surface area contributed by atoms with Crippen molar-refractivity contribution < 1.29 is 9.90 Å². The van der Waals surface area contributed by atoms with Gasteiger partial charge in [0.25, 0.3) is 0 Å². The summed E-state index contributed by atoms with van der Waals surface area (Å²) in [6.45, 7) is 0. The van der Waals surface area contributed by atoms with E-state index in [0.717, 1.165) is 5.75 Å². The van der Waals surface area contributed by atoms with Gasteiger partial charge in [0.1, 0.15) is 6.04 Å². The van der Waals surface area contributed by atoms with Gasteiger partial charge in [-0.1, -0.05) is 0 Å². The zero-order chi connectivity index (χ0) is 9.07. The highest BCUT2D eigenvalue weighted by Gasteiger charge is 2.14. The van der Waals surface area contributed by atoms with Crippen molar-refractivity contribution in [2.45, 2.75) is 12.5 Å². The van der Waals surface area contributed by atoms with Gasteiger partial charge in [0.05, 0.1) is 0 Å². The summed E-state index contributed by atoms with van der Waals surface area (Å²) in [6.07, 6.45) is 4.87. The fourth-order valence-corrected chi connectivity index (χ4v) is 2.11. The van der Waals surface area contributed by atoms with Crippen LogP contribution < -0.4 is 5.73 Å². The molecule has 0 rings (SSSR count). The van der Waals surface area contributed by atoms with E-state index in [-0.39, 0.29) is 0 Å². The van der Waals surface area contributed by atoms with Crippen LogP contribution in [0.4, 0.5) is 0 Å². The van der Waals surface area contributed by atoms with Gasteiger partial charge in [-0.2, -0.15) is 7.20 Å². The standard InChI is InChI=1S/C6H14INO2S/c1-11(2,7)4-3-5(8)6(9)10/h5H,3-4,8H2,1-2H3,(H,9,10). The minimum atomic E-state index is -0.898. The van der Waals surface area contributed by atoms with E-state index >= 15 is 0 Å². The molecule has 0 aromatic carbocycles. The van der Waals surface area contributed by atoms with Gasteiger partial charge in [-0.05, 0) is 45.9 Å². The van der Waals surface area contributed by atoms with Crippen molar-refractivity contribution >= 4 is 34.4 Å². The monoisotopic (exact) mass is 291 g/mol. The lowest BCUT2D eigenvalue weighted by Gasteiger charge is -2.22. The Bertz CT molecular complexity index is 146. The maximum atomic E-state index is 10.3. The summed E-state index contributed by atoms with van der Waals surface area (Å²) >= 11 is 2.37. The first-order valence-corrected chi connectivity index (χ1v) is 8.38. The number of halogens is 1. The normalized spacial score (nSPS) is 16.0. The number of rotatable bonds is 4. The van der Waals surface area contributed by atoms with Crippen molar-refractivity contribution in [2.75, 3.05) is 18.3 Å². The number of hydrogen-bond acceptors (Lipinski definition) is 2. The number of carboxylic acid groups (broad SMARTS) is 1. The minimum Gasteiger partial charge on any atom is -0.480 e. The molecule has 11 heavy (non-hydrogen) atoms. The van der Waals surface area contributed by atoms with Gasteiger partial charge in [-0.25, -0.2) is 0 Å². The highest BCUT2D eigenvalue weighted by atomic mass is 127. The average molecular weight is 291 g/mol. The Labute approximate surface area is 80.6 Å². The molecule has 0 heterocycles. The second kappa shape index (κ2) is 4.51. The van der Waals surface area contributed by atoms with Gasteiger partial charge in [0, 0.05) is 0 Å². The van der Waals surface area contributed by atoms with E-state index < -0.39 is 19.2 Å². The summed E-state index contributed by atoms with van der Waals surface area (Å²) in [5.41, 5.74) is 5.33. The maximum Gasteiger partial charge on any atom is 0.320 e. The van der Waals surface area contributed by atoms with E-state index in [0.29, 0.717) is 6.42 Å². The van der Waals surface area contributed by atoms with Crippen molar-refractivity contribution in [3.8, 4) is 0 Å². The molecule has 0 saturated heterocycles. The Hall–Kier alpha value is 0.510. The lowest BCUT2D eigenvalue weighted by molar-refractivity contribution is -0.138. The van der Waals surface area contributed by atoms with Crippen LogP contribution in [0.15, 0.2) is 0 Å². The molecule has 0 bridgehead atoms. The second-order valence-electron chi connectivity index (χ2n) is 2.84. The zero-order valence-electron chi connectivity index (χ0n) is 6.71. The molecular formula is C6H14INO2S. The summed E-state index contributed by atoms with van der Waals surface area (Å²) < 4.78 is 0. The molecule has 3 nitrogen and oxygen atoms in total. The summed E-state index contributed by atoms with van der Waals surface area (Å²) in [5.74, 6) is 0.0196. The molecule has 0 saturated carbocycles. The first kappa shape index (κ1) is 11.5. The molecule has 0 amide bonds. The van der Waals surface area contributed by atoms with Gasteiger partial charge >= 0.3 is 5.97 Å². The van der Waals surface area contributed by atoms with Gasteiger partial charge in [0.15, 0.2) is 0 Å². The molecule has 0 radical (unpaired) electrons. The molecule has 0 aliphatic carbocycles. The number of aliphatic carboxylic acids is 1. The Morgan fingerprint density at radius 1 is 1.73 bits per heavy atom. The Morgan fingerprint density at radius 2 is 2.18 bits per heavy atom. The summed E-state index contributed by atoms with van der Waals surface area (Å²) in [5, 5.41) is 8.46. The molecule has 1 unspecified atom stereocenters. The molecule has 0 aliphatic rings. The average Bonchev–Trinajstić information content (AvgIpc) is 1.80. The van der Waals surface area contributed by atoms with Crippen LogP contribution in [0.2, 0.25) is 0 Å². The fourth-order valence-electron chi connectivity index (χ4n) is 0.531. The lowest BCUT2D eigenvalue weighted by Crippen LogP contribution is -2.31. The Kier molecular flexibility index (Phi) is 4.72. The van der Waals surface area contributed by atoms with Crippen LogP contribution >= 0.6 is 28.4 Å². The number of hydrogen-bond donors (Lipinski definition) is 2. The molecular weight excluding hydrogens is 277 g/mol. The quantitative estimate of drug-likeness (QED) is 0.765.